The Morgan fingerprint density at radius 2 is 1.96 bits per heavy atom. The van der Waals surface area contributed by atoms with Crippen LogP contribution in [0.5, 0.6) is 0 Å². The molecule has 0 heterocycles. The van der Waals surface area contributed by atoms with Crippen LogP contribution in [0.1, 0.15) is 35.7 Å². The lowest BCUT2D eigenvalue weighted by Gasteiger charge is -2.30. The van der Waals surface area contributed by atoms with E-state index >= 15 is 0 Å². The molecule has 0 aromatic heterocycles. The fourth-order valence-electron chi connectivity index (χ4n) is 2.97. The molecular weight excluding hydrogens is 384 g/mol. The highest BCUT2D eigenvalue weighted by Gasteiger charge is 2.35. The van der Waals surface area contributed by atoms with Gasteiger partial charge in [-0.25, -0.2) is 0 Å². The van der Waals surface area contributed by atoms with Crippen LogP contribution in [-0.2, 0) is 6.54 Å². The monoisotopic (exact) mass is 402 g/mol. The molecule has 1 atom stereocenters. The second-order valence-corrected chi connectivity index (χ2v) is 7.27. The Labute approximate surface area is 154 Å². The van der Waals surface area contributed by atoms with E-state index in [0.29, 0.717) is 22.5 Å². The number of hydrogen-bond acceptors (Lipinski definition) is 3. The Morgan fingerprint density at radius 1 is 1.28 bits per heavy atom. The maximum Gasteiger partial charge on any atom is 0.284 e. The quantitative estimate of drug-likeness (QED) is 0.514. The van der Waals surface area contributed by atoms with Crippen LogP contribution in [-0.4, -0.2) is 21.8 Å². The number of nitrogens with zero attached hydrogens (tertiary/aromatic N) is 2. The first-order valence-corrected chi connectivity index (χ1v) is 9.05. The number of rotatable bonds is 6. The third kappa shape index (κ3) is 4.07. The first kappa shape index (κ1) is 17.6. The molecule has 0 N–H and O–H groups in total. The summed E-state index contributed by atoms with van der Waals surface area (Å²) in [5.41, 5.74) is 1.30. The van der Waals surface area contributed by atoms with Gasteiger partial charge in [-0.05, 0) is 59.3 Å². The smallest absolute Gasteiger partial charge is 0.284 e. The highest BCUT2D eigenvalue weighted by molar-refractivity contribution is 9.10. The van der Waals surface area contributed by atoms with Crippen LogP contribution in [0.2, 0.25) is 0 Å². The SMILES string of the molecule is CC(C1CC1)N(Cc1ccccc1)C(=O)c1ccc(Br)c([N+](=O)[O-])c1. The fourth-order valence-corrected chi connectivity index (χ4v) is 3.36. The van der Waals surface area contributed by atoms with Crippen LogP contribution in [0.15, 0.2) is 53.0 Å². The van der Waals surface area contributed by atoms with Gasteiger partial charge in [0.1, 0.15) is 0 Å². The Balaban J connectivity index is 1.91. The molecule has 0 aliphatic heterocycles. The second-order valence-electron chi connectivity index (χ2n) is 6.42. The zero-order valence-electron chi connectivity index (χ0n) is 13.9. The molecule has 3 rings (SSSR count). The molecule has 1 fully saturated rings. The van der Waals surface area contributed by atoms with Gasteiger partial charge in [-0.3, -0.25) is 14.9 Å². The third-order valence-electron chi connectivity index (χ3n) is 4.64. The first-order valence-electron chi connectivity index (χ1n) is 8.26. The highest BCUT2D eigenvalue weighted by Crippen LogP contribution is 2.36. The van der Waals surface area contributed by atoms with Crippen LogP contribution >= 0.6 is 15.9 Å². The Morgan fingerprint density at radius 3 is 2.56 bits per heavy atom. The van der Waals surface area contributed by atoms with Crippen LogP contribution in [0.25, 0.3) is 0 Å². The van der Waals surface area contributed by atoms with E-state index in [1.807, 2.05) is 35.2 Å². The summed E-state index contributed by atoms with van der Waals surface area (Å²) in [6.07, 6.45) is 2.25. The second kappa shape index (κ2) is 7.35. The summed E-state index contributed by atoms with van der Waals surface area (Å²) in [7, 11) is 0. The van der Waals surface area contributed by atoms with Gasteiger partial charge in [-0.2, -0.15) is 0 Å². The first-order chi connectivity index (χ1) is 12.0. The van der Waals surface area contributed by atoms with Crippen molar-refractivity contribution in [1.82, 2.24) is 4.90 Å². The van der Waals surface area contributed by atoms with Crippen molar-refractivity contribution in [3.8, 4) is 0 Å². The third-order valence-corrected chi connectivity index (χ3v) is 5.31. The zero-order valence-corrected chi connectivity index (χ0v) is 15.5. The largest absolute Gasteiger partial charge is 0.331 e. The van der Waals surface area contributed by atoms with Crippen molar-refractivity contribution in [2.45, 2.75) is 32.4 Å². The van der Waals surface area contributed by atoms with E-state index in [1.165, 1.54) is 6.07 Å². The van der Waals surface area contributed by atoms with Gasteiger partial charge in [0, 0.05) is 24.2 Å². The normalized spacial score (nSPS) is 14.8. The standard InChI is InChI=1S/C19H19BrN2O3/c1-13(15-7-8-15)21(12-14-5-3-2-4-6-14)19(23)16-9-10-17(20)18(11-16)22(24)25/h2-6,9-11,13,15H,7-8,12H2,1H3. The maximum atomic E-state index is 13.1. The van der Waals surface area contributed by atoms with E-state index in [4.69, 9.17) is 0 Å². The average molecular weight is 403 g/mol. The van der Waals surface area contributed by atoms with Gasteiger partial charge in [-0.1, -0.05) is 30.3 Å². The minimum Gasteiger partial charge on any atom is -0.331 e. The lowest BCUT2D eigenvalue weighted by Crippen LogP contribution is -2.39. The number of nitro groups is 1. The summed E-state index contributed by atoms with van der Waals surface area (Å²) >= 11 is 3.17. The molecule has 25 heavy (non-hydrogen) atoms. The molecule has 6 heteroatoms. The Kier molecular flexibility index (Phi) is 5.18. The summed E-state index contributed by atoms with van der Waals surface area (Å²) in [4.78, 5) is 25.6. The van der Waals surface area contributed by atoms with Crippen molar-refractivity contribution in [3.63, 3.8) is 0 Å². The summed E-state index contributed by atoms with van der Waals surface area (Å²) in [6, 6.07) is 14.5. The maximum absolute atomic E-state index is 13.1. The number of amides is 1. The minimum atomic E-state index is -0.479. The number of halogens is 1. The van der Waals surface area contributed by atoms with Gasteiger partial charge in [-0.15, -0.1) is 0 Å². The van der Waals surface area contributed by atoms with Gasteiger partial charge in [0.15, 0.2) is 0 Å². The molecule has 0 radical (unpaired) electrons. The number of nitro benzene ring substituents is 1. The van der Waals surface area contributed by atoms with Crippen molar-refractivity contribution in [1.29, 1.82) is 0 Å². The lowest BCUT2D eigenvalue weighted by molar-refractivity contribution is -0.385. The van der Waals surface area contributed by atoms with E-state index in [9.17, 15) is 14.9 Å². The fraction of sp³-hybridized carbons (Fsp3) is 0.316. The molecule has 1 aliphatic carbocycles. The van der Waals surface area contributed by atoms with Gasteiger partial charge in [0.25, 0.3) is 11.6 Å². The molecule has 2 aromatic rings. The molecule has 1 unspecified atom stereocenters. The number of benzene rings is 2. The number of hydrogen-bond donors (Lipinski definition) is 0. The van der Waals surface area contributed by atoms with Crippen molar-refractivity contribution >= 4 is 27.5 Å². The van der Waals surface area contributed by atoms with E-state index in [1.54, 1.807) is 12.1 Å². The summed E-state index contributed by atoms with van der Waals surface area (Å²) in [5, 5.41) is 11.2. The molecule has 130 valence electrons. The van der Waals surface area contributed by atoms with Gasteiger partial charge >= 0.3 is 0 Å². The zero-order chi connectivity index (χ0) is 18.0. The summed E-state index contributed by atoms with van der Waals surface area (Å²) in [6.45, 7) is 2.56. The molecule has 1 aliphatic rings. The van der Waals surface area contributed by atoms with Gasteiger partial charge in [0.05, 0.1) is 9.40 Å². The summed E-state index contributed by atoms with van der Waals surface area (Å²) in [5.74, 6) is 0.344. The van der Waals surface area contributed by atoms with Crippen LogP contribution in [0, 0.1) is 16.0 Å². The van der Waals surface area contributed by atoms with E-state index < -0.39 is 4.92 Å². The van der Waals surface area contributed by atoms with Crippen LogP contribution < -0.4 is 0 Å². The molecule has 0 bridgehead atoms. The number of carbonyl (C=O) groups is 1. The lowest BCUT2D eigenvalue weighted by atomic mass is 10.1. The Bertz CT molecular complexity index is 791. The predicted octanol–water partition coefficient (Wildman–Crippen LogP) is 4.80. The molecule has 5 nitrogen and oxygen atoms in total. The number of carbonyl (C=O) groups excluding carboxylic acids is 1. The van der Waals surface area contributed by atoms with Gasteiger partial charge in [0.2, 0.25) is 0 Å². The van der Waals surface area contributed by atoms with E-state index in [2.05, 4.69) is 22.9 Å². The van der Waals surface area contributed by atoms with Crippen molar-refractivity contribution in [3.05, 3.63) is 74.2 Å². The van der Waals surface area contributed by atoms with Crippen LogP contribution in [0.3, 0.4) is 0 Å². The predicted molar refractivity (Wildman–Crippen MR) is 99.3 cm³/mol. The van der Waals surface area contributed by atoms with Crippen molar-refractivity contribution in [2.24, 2.45) is 5.92 Å². The minimum absolute atomic E-state index is 0.0930. The summed E-state index contributed by atoms with van der Waals surface area (Å²) < 4.78 is 0.374. The van der Waals surface area contributed by atoms with Crippen molar-refractivity contribution < 1.29 is 9.72 Å². The topological polar surface area (TPSA) is 63.5 Å². The molecule has 0 saturated heterocycles. The molecule has 1 saturated carbocycles. The molecule has 1 amide bonds. The van der Waals surface area contributed by atoms with Crippen molar-refractivity contribution in [2.75, 3.05) is 0 Å². The van der Waals surface area contributed by atoms with E-state index in [-0.39, 0.29) is 17.6 Å². The van der Waals surface area contributed by atoms with Gasteiger partial charge < -0.3 is 4.90 Å². The molecule has 2 aromatic carbocycles. The average Bonchev–Trinajstić information content (AvgIpc) is 3.45. The molecule has 0 spiro atoms. The van der Waals surface area contributed by atoms with E-state index in [0.717, 1.165) is 18.4 Å². The Hall–Kier alpha value is -2.21. The highest BCUT2D eigenvalue weighted by atomic mass is 79.9. The van der Waals surface area contributed by atoms with Crippen LogP contribution in [0.4, 0.5) is 5.69 Å². The molecular formula is C19H19BrN2O3.